The van der Waals surface area contributed by atoms with Crippen molar-refractivity contribution < 1.29 is 19.0 Å². The highest BCUT2D eigenvalue weighted by Gasteiger charge is 2.38. The van der Waals surface area contributed by atoms with Crippen molar-refractivity contribution in [2.45, 2.75) is 13.3 Å². The van der Waals surface area contributed by atoms with E-state index in [0.29, 0.717) is 12.2 Å². The van der Waals surface area contributed by atoms with Crippen molar-refractivity contribution in [2.75, 3.05) is 6.61 Å². The van der Waals surface area contributed by atoms with Gasteiger partial charge in [-0.3, -0.25) is 4.79 Å². The van der Waals surface area contributed by atoms with Gasteiger partial charge in [0.15, 0.2) is 0 Å². The number of rotatable bonds is 1. The van der Waals surface area contributed by atoms with Gasteiger partial charge in [-0.25, -0.2) is 4.39 Å². The van der Waals surface area contributed by atoms with E-state index in [4.69, 9.17) is 9.84 Å². The molecule has 0 saturated carbocycles. The second-order valence-electron chi connectivity index (χ2n) is 4.08. The largest absolute Gasteiger partial charge is 0.492 e. The van der Waals surface area contributed by atoms with Gasteiger partial charge in [-0.15, -0.1) is 0 Å². The topological polar surface area (TPSA) is 46.5 Å². The minimum atomic E-state index is -0.912. The number of carbonyl (C=O) groups is 1. The lowest BCUT2D eigenvalue weighted by Crippen LogP contribution is -2.39. The molecule has 0 bridgehead atoms. The number of benzene rings is 1. The minimum Gasteiger partial charge on any atom is -0.492 e. The molecule has 1 unspecified atom stereocenters. The van der Waals surface area contributed by atoms with E-state index < -0.39 is 11.4 Å². The molecule has 0 aromatic heterocycles. The number of ether oxygens (including phenoxy) is 1. The summed E-state index contributed by atoms with van der Waals surface area (Å²) < 4.78 is 18.1. The highest BCUT2D eigenvalue weighted by Crippen LogP contribution is 2.34. The van der Waals surface area contributed by atoms with Crippen molar-refractivity contribution in [1.82, 2.24) is 0 Å². The monoisotopic (exact) mass is 210 g/mol. The Labute approximate surface area is 86.5 Å². The van der Waals surface area contributed by atoms with Crippen LogP contribution < -0.4 is 4.74 Å². The predicted molar refractivity (Wildman–Crippen MR) is 51.3 cm³/mol. The highest BCUT2D eigenvalue weighted by atomic mass is 19.1. The molecule has 15 heavy (non-hydrogen) atoms. The van der Waals surface area contributed by atoms with Crippen molar-refractivity contribution in [3.8, 4) is 5.75 Å². The summed E-state index contributed by atoms with van der Waals surface area (Å²) in [7, 11) is 0. The molecular weight excluding hydrogens is 199 g/mol. The summed E-state index contributed by atoms with van der Waals surface area (Å²) in [5.74, 6) is -0.807. The van der Waals surface area contributed by atoms with E-state index in [1.807, 2.05) is 0 Å². The van der Waals surface area contributed by atoms with Gasteiger partial charge in [-0.05, 0) is 25.0 Å². The summed E-state index contributed by atoms with van der Waals surface area (Å²) in [6.45, 7) is 1.71. The Morgan fingerprint density at radius 2 is 2.33 bits per heavy atom. The maximum atomic E-state index is 12.8. The number of fused-ring (bicyclic) bond motifs is 1. The van der Waals surface area contributed by atoms with Gasteiger partial charge in [0.1, 0.15) is 23.6 Å². The zero-order valence-corrected chi connectivity index (χ0v) is 8.29. The van der Waals surface area contributed by atoms with Gasteiger partial charge >= 0.3 is 5.97 Å². The molecule has 80 valence electrons. The second kappa shape index (κ2) is 3.22. The Morgan fingerprint density at radius 3 is 3.00 bits per heavy atom. The minimum absolute atomic E-state index is 0.0821. The molecule has 0 saturated heterocycles. The Kier molecular flexibility index (Phi) is 2.14. The average Bonchev–Trinajstić information content (AvgIpc) is 2.18. The maximum absolute atomic E-state index is 12.8. The fourth-order valence-corrected chi connectivity index (χ4v) is 1.65. The molecule has 4 heteroatoms. The van der Waals surface area contributed by atoms with Crippen LogP contribution in [-0.4, -0.2) is 17.7 Å². The molecule has 0 spiro atoms. The molecule has 0 amide bonds. The Bertz CT molecular complexity index is 416. The first kappa shape index (κ1) is 9.96. The summed E-state index contributed by atoms with van der Waals surface area (Å²) >= 11 is 0. The molecule has 1 aromatic rings. The molecule has 0 fully saturated rings. The zero-order valence-electron chi connectivity index (χ0n) is 8.29. The van der Waals surface area contributed by atoms with Gasteiger partial charge in [-0.1, -0.05) is 6.07 Å². The van der Waals surface area contributed by atoms with Crippen LogP contribution in [0.4, 0.5) is 4.39 Å². The SMILES string of the molecule is CC1(C(=O)O)COc2cc(F)ccc2C1. The Hall–Kier alpha value is -1.58. The van der Waals surface area contributed by atoms with Crippen LogP contribution in [-0.2, 0) is 11.2 Å². The van der Waals surface area contributed by atoms with Crippen LogP contribution in [0.5, 0.6) is 5.75 Å². The first-order valence-electron chi connectivity index (χ1n) is 4.66. The van der Waals surface area contributed by atoms with Gasteiger partial charge in [0.25, 0.3) is 0 Å². The second-order valence-corrected chi connectivity index (χ2v) is 4.08. The van der Waals surface area contributed by atoms with E-state index in [1.54, 1.807) is 13.0 Å². The lowest BCUT2D eigenvalue weighted by molar-refractivity contribution is -0.150. The molecule has 1 aliphatic heterocycles. The molecule has 0 radical (unpaired) electrons. The van der Waals surface area contributed by atoms with E-state index in [1.165, 1.54) is 12.1 Å². The lowest BCUT2D eigenvalue weighted by atomic mass is 9.82. The van der Waals surface area contributed by atoms with Crippen LogP contribution in [0, 0.1) is 11.2 Å². The van der Waals surface area contributed by atoms with Crippen molar-refractivity contribution >= 4 is 5.97 Å². The first-order valence-corrected chi connectivity index (χ1v) is 4.66. The lowest BCUT2D eigenvalue weighted by Gasteiger charge is -2.30. The average molecular weight is 210 g/mol. The smallest absolute Gasteiger partial charge is 0.313 e. The normalized spacial score (nSPS) is 24.1. The van der Waals surface area contributed by atoms with Crippen LogP contribution in [0.1, 0.15) is 12.5 Å². The summed E-state index contributed by atoms with van der Waals surface area (Å²) in [5.41, 5.74) is -0.169. The third-order valence-electron chi connectivity index (χ3n) is 2.67. The van der Waals surface area contributed by atoms with E-state index in [9.17, 15) is 9.18 Å². The number of halogens is 1. The summed E-state index contributed by atoms with van der Waals surface area (Å²) in [6.07, 6.45) is 0.373. The molecule has 1 atom stereocenters. The van der Waals surface area contributed by atoms with Crippen molar-refractivity contribution in [2.24, 2.45) is 5.41 Å². The molecule has 1 N–H and O–H groups in total. The zero-order chi connectivity index (χ0) is 11.1. The van der Waals surface area contributed by atoms with E-state index >= 15 is 0 Å². The van der Waals surface area contributed by atoms with Crippen LogP contribution in [0.25, 0.3) is 0 Å². The van der Waals surface area contributed by atoms with Gasteiger partial charge in [0, 0.05) is 6.07 Å². The molecule has 1 aromatic carbocycles. The van der Waals surface area contributed by atoms with Gasteiger partial charge < -0.3 is 9.84 Å². The van der Waals surface area contributed by atoms with Gasteiger partial charge in [-0.2, -0.15) is 0 Å². The molecule has 3 nitrogen and oxygen atoms in total. The number of hydrogen-bond acceptors (Lipinski definition) is 2. The molecule has 2 rings (SSSR count). The maximum Gasteiger partial charge on any atom is 0.313 e. The third kappa shape index (κ3) is 1.67. The van der Waals surface area contributed by atoms with Crippen LogP contribution >= 0.6 is 0 Å². The molecule has 1 heterocycles. The summed E-state index contributed by atoms with van der Waals surface area (Å²) in [6, 6.07) is 4.18. The number of carboxylic acid groups (broad SMARTS) is 1. The third-order valence-corrected chi connectivity index (χ3v) is 2.67. The van der Waals surface area contributed by atoms with Gasteiger partial charge in [0.2, 0.25) is 0 Å². The van der Waals surface area contributed by atoms with Crippen molar-refractivity contribution in [3.63, 3.8) is 0 Å². The van der Waals surface area contributed by atoms with Crippen molar-refractivity contribution in [1.29, 1.82) is 0 Å². The number of aliphatic carboxylic acids is 1. The predicted octanol–water partition coefficient (Wildman–Crippen LogP) is 1.85. The van der Waals surface area contributed by atoms with Gasteiger partial charge in [0.05, 0.1) is 0 Å². The van der Waals surface area contributed by atoms with Crippen LogP contribution in [0.15, 0.2) is 18.2 Å². The van der Waals surface area contributed by atoms with Crippen molar-refractivity contribution in [3.05, 3.63) is 29.6 Å². The quantitative estimate of drug-likeness (QED) is 0.769. The number of carboxylic acids is 1. The Balaban J connectivity index is 2.35. The van der Waals surface area contributed by atoms with Crippen LogP contribution in [0.2, 0.25) is 0 Å². The molecule has 1 aliphatic rings. The van der Waals surface area contributed by atoms with E-state index in [2.05, 4.69) is 0 Å². The molecular formula is C11H11FO3. The number of hydrogen-bond donors (Lipinski definition) is 1. The fourth-order valence-electron chi connectivity index (χ4n) is 1.65. The summed E-state index contributed by atoms with van der Waals surface area (Å²) in [4.78, 5) is 11.0. The molecule has 0 aliphatic carbocycles. The Morgan fingerprint density at radius 1 is 1.60 bits per heavy atom. The van der Waals surface area contributed by atoms with Crippen LogP contribution in [0.3, 0.4) is 0 Å². The first-order chi connectivity index (χ1) is 7.01. The van der Waals surface area contributed by atoms with E-state index in [0.717, 1.165) is 5.56 Å². The fraction of sp³-hybridized carbons (Fsp3) is 0.364. The standard InChI is InChI=1S/C11H11FO3/c1-11(10(13)14)5-7-2-3-8(12)4-9(7)15-6-11/h2-4H,5-6H2,1H3,(H,13,14). The summed E-state index contributed by atoms with van der Waals surface area (Å²) in [5, 5.41) is 9.02. The highest BCUT2D eigenvalue weighted by molar-refractivity contribution is 5.75. The van der Waals surface area contributed by atoms with E-state index in [-0.39, 0.29) is 12.4 Å².